The SMILES string of the molecule is C[C@H]1C[C@H](CNC(=O)Nc2cccnc2)CCO1. The van der Waals surface area contributed by atoms with Gasteiger partial charge >= 0.3 is 6.03 Å². The fraction of sp³-hybridized carbons (Fsp3) is 0.538. The summed E-state index contributed by atoms with van der Waals surface area (Å²) >= 11 is 0. The Bertz CT molecular complexity index is 383. The van der Waals surface area contributed by atoms with Gasteiger partial charge in [-0.05, 0) is 37.8 Å². The molecule has 2 atom stereocenters. The zero-order valence-corrected chi connectivity index (χ0v) is 10.6. The summed E-state index contributed by atoms with van der Waals surface area (Å²) in [6.07, 6.45) is 5.61. The normalized spacial score (nSPS) is 23.4. The molecule has 0 aliphatic carbocycles. The third-order valence-electron chi connectivity index (χ3n) is 3.06. The Hall–Kier alpha value is -1.62. The number of amides is 2. The van der Waals surface area contributed by atoms with Crippen LogP contribution in [0.3, 0.4) is 0 Å². The predicted molar refractivity (Wildman–Crippen MR) is 69.4 cm³/mol. The van der Waals surface area contributed by atoms with Gasteiger partial charge in [-0.15, -0.1) is 0 Å². The van der Waals surface area contributed by atoms with E-state index in [-0.39, 0.29) is 6.03 Å². The minimum absolute atomic E-state index is 0.179. The van der Waals surface area contributed by atoms with Crippen LogP contribution in [0.5, 0.6) is 0 Å². The number of ether oxygens (including phenoxy) is 1. The first kappa shape index (κ1) is 12.8. The molecule has 0 spiro atoms. The first-order valence-corrected chi connectivity index (χ1v) is 6.30. The van der Waals surface area contributed by atoms with Gasteiger partial charge in [-0.25, -0.2) is 4.79 Å². The van der Waals surface area contributed by atoms with Crippen molar-refractivity contribution in [1.82, 2.24) is 10.3 Å². The molecule has 2 rings (SSSR count). The molecule has 1 aliphatic heterocycles. The van der Waals surface area contributed by atoms with E-state index in [0.29, 0.717) is 24.3 Å². The minimum atomic E-state index is -0.179. The van der Waals surface area contributed by atoms with Crippen molar-refractivity contribution in [2.24, 2.45) is 5.92 Å². The summed E-state index contributed by atoms with van der Waals surface area (Å²) < 4.78 is 5.47. The van der Waals surface area contributed by atoms with Crippen LogP contribution in [0.15, 0.2) is 24.5 Å². The van der Waals surface area contributed by atoms with Crippen LogP contribution in [0.4, 0.5) is 10.5 Å². The fourth-order valence-corrected chi connectivity index (χ4v) is 2.13. The van der Waals surface area contributed by atoms with Gasteiger partial charge in [-0.2, -0.15) is 0 Å². The Morgan fingerprint density at radius 1 is 1.61 bits per heavy atom. The van der Waals surface area contributed by atoms with E-state index in [1.54, 1.807) is 18.5 Å². The number of hydrogen-bond acceptors (Lipinski definition) is 3. The molecule has 0 aromatic carbocycles. The molecule has 5 heteroatoms. The van der Waals surface area contributed by atoms with E-state index in [0.717, 1.165) is 19.4 Å². The summed E-state index contributed by atoms with van der Waals surface area (Å²) in [7, 11) is 0. The number of urea groups is 1. The summed E-state index contributed by atoms with van der Waals surface area (Å²) in [5, 5.41) is 5.64. The second kappa shape index (κ2) is 6.35. The number of carbonyl (C=O) groups excluding carboxylic acids is 1. The molecular formula is C13H19N3O2. The van der Waals surface area contributed by atoms with E-state index >= 15 is 0 Å². The van der Waals surface area contributed by atoms with Gasteiger partial charge in [0.1, 0.15) is 0 Å². The van der Waals surface area contributed by atoms with Crippen molar-refractivity contribution in [3.8, 4) is 0 Å². The largest absolute Gasteiger partial charge is 0.378 e. The highest BCUT2D eigenvalue weighted by atomic mass is 16.5. The molecule has 1 fully saturated rings. The van der Waals surface area contributed by atoms with Gasteiger partial charge < -0.3 is 15.4 Å². The van der Waals surface area contributed by atoms with Gasteiger partial charge in [0.2, 0.25) is 0 Å². The van der Waals surface area contributed by atoms with Crippen molar-refractivity contribution >= 4 is 11.7 Å². The Morgan fingerprint density at radius 2 is 2.50 bits per heavy atom. The van der Waals surface area contributed by atoms with Crippen LogP contribution in [0, 0.1) is 5.92 Å². The molecule has 2 N–H and O–H groups in total. The lowest BCUT2D eigenvalue weighted by Gasteiger charge is -2.27. The summed E-state index contributed by atoms with van der Waals surface area (Å²) in [5.41, 5.74) is 0.704. The minimum Gasteiger partial charge on any atom is -0.378 e. The quantitative estimate of drug-likeness (QED) is 0.861. The molecule has 1 aromatic rings. The number of rotatable bonds is 3. The van der Waals surface area contributed by atoms with Crippen LogP contribution >= 0.6 is 0 Å². The van der Waals surface area contributed by atoms with Gasteiger partial charge in [0.25, 0.3) is 0 Å². The number of nitrogens with one attached hydrogen (secondary N) is 2. The maximum Gasteiger partial charge on any atom is 0.319 e. The van der Waals surface area contributed by atoms with Gasteiger partial charge in [0.15, 0.2) is 0 Å². The van der Waals surface area contributed by atoms with E-state index in [4.69, 9.17) is 4.74 Å². The van der Waals surface area contributed by atoms with Gasteiger partial charge in [-0.3, -0.25) is 4.98 Å². The molecule has 5 nitrogen and oxygen atoms in total. The maximum atomic E-state index is 11.7. The standard InChI is InChI=1S/C13H19N3O2/c1-10-7-11(4-6-18-10)8-15-13(17)16-12-3-2-5-14-9-12/h2-3,5,9-11H,4,6-8H2,1H3,(H2,15,16,17)/t10-,11+/m0/s1. The second-order valence-corrected chi connectivity index (χ2v) is 4.65. The lowest BCUT2D eigenvalue weighted by Crippen LogP contribution is -2.36. The average molecular weight is 249 g/mol. The summed E-state index contributed by atoms with van der Waals surface area (Å²) in [6.45, 7) is 3.55. The molecule has 2 heterocycles. The monoisotopic (exact) mass is 249 g/mol. The third-order valence-corrected chi connectivity index (χ3v) is 3.06. The highest BCUT2D eigenvalue weighted by Crippen LogP contribution is 2.18. The van der Waals surface area contributed by atoms with E-state index in [1.165, 1.54) is 0 Å². The summed E-state index contributed by atoms with van der Waals surface area (Å²) in [6, 6.07) is 3.42. The molecule has 18 heavy (non-hydrogen) atoms. The number of anilines is 1. The highest BCUT2D eigenvalue weighted by molar-refractivity contribution is 5.88. The number of nitrogens with zero attached hydrogens (tertiary/aromatic N) is 1. The van der Waals surface area contributed by atoms with E-state index in [9.17, 15) is 4.79 Å². The molecule has 0 saturated carbocycles. The maximum absolute atomic E-state index is 11.7. The summed E-state index contributed by atoms with van der Waals surface area (Å²) in [4.78, 5) is 15.6. The molecule has 98 valence electrons. The molecule has 0 unspecified atom stereocenters. The van der Waals surface area contributed by atoms with Crippen LogP contribution < -0.4 is 10.6 Å². The lowest BCUT2D eigenvalue weighted by atomic mass is 9.96. The first-order valence-electron chi connectivity index (χ1n) is 6.30. The number of carbonyl (C=O) groups is 1. The zero-order valence-electron chi connectivity index (χ0n) is 10.6. The van der Waals surface area contributed by atoms with E-state index in [2.05, 4.69) is 22.5 Å². The Balaban J connectivity index is 1.71. The molecule has 1 saturated heterocycles. The topological polar surface area (TPSA) is 63.2 Å². The molecule has 0 radical (unpaired) electrons. The number of hydrogen-bond donors (Lipinski definition) is 2. The van der Waals surface area contributed by atoms with Crippen LogP contribution in [0.25, 0.3) is 0 Å². The Labute approximate surface area is 107 Å². The Kier molecular flexibility index (Phi) is 4.52. The predicted octanol–water partition coefficient (Wildman–Crippen LogP) is 2.02. The molecular weight excluding hydrogens is 230 g/mol. The van der Waals surface area contributed by atoms with Gasteiger partial charge in [0, 0.05) is 19.3 Å². The second-order valence-electron chi connectivity index (χ2n) is 4.65. The van der Waals surface area contributed by atoms with Crippen molar-refractivity contribution in [2.45, 2.75) is 25.9 Å². The molecule has 2 amide bonds. The third kappa shape index (κ3) is 4.00. The fourth-order valence-electron chi connectivity index (χ4n) is 2.13. The van der Waals surface area contributed by atoms with Crippen molar-refractivity contribution in [3.05, 3.63) is 24.5 Å². The first-order chi connectivity index (χ1) is 8.74. The highest BCUT2D eigenvalue weighted by Gasteiger charge is 2.19. The molecule has 0 bridgehead atoms. The van der Waals surface area contributed by atoms with Crippen molar-refractivity contribution in [1.29, 1.82) is 0 Å². The molecule has 1 aliphatic rings. The summed E-state index contributed by atoms with van der Waals surface area (Å²) in [5.74, 6) is 0.508. The van der Waals surface area contributed by atoms with Crippen LogP contribution in [-0.4, -0.2) is 30.3 Å². The van der Waals surface area contributed by atoms with E-state index < -0.39 is 0 Å². The average Bonchev–Trinajstić information content (AvgIpc) is 2.38. The van der Waals surface area contributed by atoms with E-state index in [1.807, 2.05) is 6.07 Å². The number of aromatic nitrogens is 1. The zero-order chi connectivity index (χ0) is 12.8. The van der Waals surface area contributed by atoms with Crippen LogP contribution in [0.1, 0.15) is 19.8 Å². The van der Waals surface area contributed by atoms with Gasteiger partial charge in [-0.1, -0.05) is 0 Å². The van der Waals surface area contributed by atoms with Crippen molar-refractivity contribution in [2.75, 3.05) is 18.5 Å². The van der Waals surface area contributed by atoms with Crippen LogP contribution in [0.2, 0.25) is 0 Å². The molecule has 1 aromatic heterocycles. The van der Waals surface area contributed by atoms with Crippen LogP contribution in [-0.2, 0) is 4.74 Å². The Morgan fingerprint density at radius 3 is 3.22 bits per heavy atom. The van der Waals surface area contributed by atoms with Gasteiger partial charge in [0.05, 0.1) is 18.0 Å². The number of pyridine rings is 1. The smallest absolute Gasteiger partial charge is 0.319 e. The van der Waals surface area contributed by atoms with Crippen molar-refractivity contribution in [3.63, 3.8) is 0 Å². The lowest BCUT2D eigenvalue weighted by molar-refractivity contribution is 0.00354. The van der Waals surface area contributed by atoms with Crippen molar-refractivity contribution < 1.29 is 9.53 Å².